The lowest BCUT2D eigenvalue weighted by Crippen LogP contribution is -2.08. The van der Waals surface area contributed by atoms with Crippen LogP contribution in [0, 0.1) is 0 Å². The summed E-state index contributed by atoms with van der Waals surface area (Å²) in [5, 5.41) is 2.73. The van der Waals surface area contributed by atoms with Crippen LogP contribution in [0.2, 0.25) is 0 Å². The molecule has 2 heterocycles. The summed E-state index contributed by atoms with van der Waals surface area (Å²) >= 11 is 0. The highest BCUT2D eigenvalue weighted by Gasteiger charge is 2.26. The van der Waals surface area contributed by atoms with Gasteiger partial charge in [0.05, 0.1) is 16.7 Å². The molecule has 1 aliphatic carbocycles. The predicted octanol–water partition coefficient (Wildman–Crippen LogP) is 6.26. The van der Waals surface area contributed by atoms with Crippen molar-refractivity contribution in [2.24, 2.45) is 0 Å². The van der Waals surface area contributed by atoms with Crippen LogP contribution in [-0.4, -0.2) is 4.57 Å². The lowest BCUT2D eigenvalue weighted by atomic mass is 9.93. The molecule has 1 nitrogen and oxygen atoms in total. The molecule has 4 aromatic carbocycles. The van der Waals surface area contributed by atoms with E-state index >= 15 is 0 Å². The van der Waals surface area contributed by atoms with Gasteiger partial charge >= 0.3 is 0 Å². The first-order valence-electron chi connectivity index (χ1n) is 9.64. The van der Waals surface area contributed by atoms with Crippen LogP contribution in [0.5, 0.6) is 0 Å². The van der Waals surface area contributed by atoms with Crippen molar-refractivity contribution in [1.82, 2.24) is 4.57 Å². The number of para-hydroxylation sites is 2. The fourth-order valence-corrected chi connectivity index (χ4v) is 5.25. The van der Waals surface area contributed by atoms with Crippen LogP contribution in [0.4, 0.5) is 0 Å². The zero-order chi connectivity index (χ0) is 17.5. The maximum absolute atomic E-state index is 2.50. The van der Waals surface area contributed by atoms with E-state index < -0.39 is 0 Å². The molecule has 0 atom stereocenters. The molecule has 27 heavy (non-hydrogen) atoms. The van der Waals surface area contributed by atoms with Gasteiger partial charge in [-0.3, -0.25) is 0 Å². The second kappa shape index (κ2) is 4.69. The minimum absolute atomic E-state index is 1.01. The Morgan fingerprint density at radius 2 is 1.33 bits per heavy atom. The Balaban J connectivity index is 1.61. The van der Waals surface area contributed by atoms with E-state index in [1.807, 2.05) is 0 Å². The summed E-state index contributed by atoms with van der Waals surface area (Å²) in [7, 11) is 0. The summed E-state index contributed by atoms with van der Waals surface area (Å²) in [6.45, 7) is 0. The van der Waals surface area contributed by atoms with Crippen molar-refractivity contribution in [1.29, 1.82) is 0 Å². The smallest absolute Gasteiger partial charge is 0.0576 e. The van der Waals surface area contributed by atoms with Gasteiger partial charge in [-0.25, -0.2) is 0 Å². The summed E-state index contributed by atoms with van der Waals surface area (Å²) < 4.78 is 2.50. The molecule has 0 amide bonds. The van der Waals surface area contributed by atoms with Crippen molar-refractivity contribution in [2.45, 2.75) is 12.8 Å². The van der Waals surface area contributed by atoms with Crippen LogP contribution >= 0.6 is 0 Å². The molecule has 0 saturated carbocycles. The summed E-state index contributed by atoms with van der Waals surface area (Å²) in [6.07, 6.45) is 2.06. The van der Waals surface area contributed by atoms with Crippen LogP contribution in [0.1, 0.15) is 22.3 Å². The molecule has 0 bridgehead atoms. The summed E-state index contributed by atoms with van der Waals surface area (Å²) in [5.41, 5.74) is 12.7. The topological polar surface area (TPSA) is 4.93 Å². The monoisotopic (exact) mass is 343 g/mol. The highest BCUT2D eigenvalue weighted by molar-refractivity contribution is 6.11. The molecule has 5 aromatic rings. The first-order valence-corrected chi connectivity index (χ1v) is 9.64. The zero-order valence-electron chi connectivity index (χ0n) is 14.9. The van der Waals surface area contributed by atoms with E-state index in [1.54, 1.807) is 0 Å². The van der Waals surface area contributed by atoms with Gasteiger partial charge in [-0.2, -0.15) is 0 Å². The summed E-state index contributed by atoms with van der Waals surface area (Å²) in [6, 6.07) is 29.4. The molecule has 0 spiro atoms. The molecule has 0 N–H and O–H groups in total. The Labute approximate surface area is 157 Å². The zero-order valence-corrected chi connectivity index (χ0v) is 14.9. The van der Waals surface area contributed by atoms with E-state index in [2.05, 4.69) is 83.4 Å². The average molecular weight is 343 g/mol. The van der Waals surface area contributed by atoms with Gasteiger partial charge in [0, 0.05) is 17.2 Å². The number of hydrogen-bond donors (Lipinski definition) is 0. The lowest BCUT2D eigenvalue weighted by Gasteiger charge is -2.22. The van der Waals surface area contributed by atoms with Gasteiger partial charge in [0.1, 0.15) is 0 Å². The third kappa shape index (κ3) is 1.65. The Morgan fingerprint density at radius 1 is 0.556 bits per heavy atom. The van der Waals surface area contributed by atoms with Crippen LogP contribution in [0.15, 0.2) is 78.9 Å². The molecule has 1 aromatic heterocycles. The third-order valence-corrected chi connectivity index (χ3v) is 6.39. The van der Waals surface area contributed by atoms with Gasteiger partial charge in [0.2, 0.25) is 0 Å². The van der Waals surface area contributed by atoms with E-state index in [4.69, 9.17) is 0 Å². The van der Waals surface area contributed by atoms with E-state index in [0.717, 1.165) is 12.8 Å². The van der Waals surface area contributed by atoms with Crippen molar-refractivity contribution < 1.29 is 0 Å². The Kier molecular flexibility index (Phi) is 2.40. The number of aromatic nitrogens is 1. The molecule has 1 heteroatoms. The number of benzene rings is 4. The number of rotatable bonds is 0. The second-order valence-corrected chi connectivity index (χ2v) is 7.81. The number of hydrogen-bond acceptors (Lipinski definition) is 0. The molecule has 2 aliphatic rings. The van der Waals surface area contributed by atoms with E-state index in [-0.39, 0.29) is 0 Å². The molecule has 0 radical (unpaired) electrons. The molecular weight excluding hydrogens is 326 g/mol. The first-order chi connectivity index (χ1) is 13.4. The van der Waals surface area contributed by atoms with Crippen LogP contribution in [0.3, 0.4) is 0 Å². The van der Waals surface area contributed by atoms with Gasteiger partial charge in [0.15, 0.2) is 0 Å². The molecule has 126 valence electrons. The Bertz CT molecular complexity index is 1420. The fraction of sp³-hybridized carbons (Fsp3) is 0.0769. The van der Waals surface area contributed by atoms with Gasteiger partial charge in [-0.1, -0.05) is 60.7 Å². The van der Waals surface area contributed by atoms with E-state index in [0.29, 0.717) is 0 Å². The van der Waals surface area contributed by atoms with E-state index in [9.17, 15) is 0 Å². The average Bonchev–Trinajstić information content (AvgIpc) is 3.24. The number of fused-ring (bicyclic) bond motifs is 8. The van der Waals surface area contributed by atoms with Crippen LogP contribution in [-0.2, 0) is 12.8 Å². The lowest BCUT2D eigenvalue weighted by molar-refractivity contribution is 1.04. The van der Waals surface area contributed by atoms with Crippen molar-refractivity contribution >= 4 is 21.8 Å². The maximum atomic E-state index is 2.50. The van der Waals surface area contributed by atoms with Crippen molar-refractivity contribution in [2.75, 3.05) is 0 Å². The highest BCUT2D eigenvalue weighted by atomic mass is 15.0. The quantitative estimate of drug-likeness (QED) is 0.306. The normalized spacial score (nSPS) is 13.6. The van der Waals surface area contributed by atoms with Gasteiger partial charge < -0.3 is 4.57 Å². The molecule has 7 rings (SSSR count). The first kappa shape index (κ1) is 13.8. The summed E-state index contributed by atoms with van der Waals surface area (Å²) in [5.74, 6) is 0. The Morgan fingerprint density at radius 3 is 2.33 bits per heavy atom. The van der Waals surface area contributed by atoms with Crippen molar-refractivity contribution in [3.8, 4) is 16.8 Å². The van der Waals surface area contributed by atoms with Crippen LogP contribution in [0.25, 0.3) is 38.6 Å². The molecular formula is C26H17N. The van der Waals surface area contributed by atoms with Gasteiger partial charge in [0.25, 0.3) is 0 Å². The standard InChI is InChI=1S/C26H17N/c1-2-8-20-16(6-1)12-18-15-25-19(14-23(18)20)13-17-7-5-10-22-21-9-3-4-11-24(21)27(25)26(17)22/h1-11,14-15H,12-13H2. The van der Waals surface area contributed by atoms with E-state index in [1.165, 1.54) is 60.9 Å². The highest BCUT2D eigenvalue weighted by Crippen LogP contribution is 2.44. The fourth-order valence-electron chi connectivity index (χ4n) is 5.25. The molecule has 0 fully saturated rings. The minimum atomic E-state index is 1.01. The SMILES string of the molecule is c1ccc2c(c1)Cc1cc3c(cc1-2)Cc1cccc2c4ccccc4n-3c12. The van der Waals surface area contributed by atoms with Crippen molar-refractivity contribution in [3.63, 3.8) is 0 Å². The van der Waals surface area contributed by atoms with Gasteiger partial charge in [-0.15, -0.1) is 0 Å². The third-order valence-electron chi connectivity index (χ3n) is 6.39. The largest absolute Gasteiger partial charge is 0.309 e. The Hall–Kier alpha value is -3.32. The molecule has 0 saturated heterocycles. The molecule has 1 aliphatic heterocycles. The van der Waals surface area contributed by atoms with Crippen molar-refractivity contribution in [3.05, 3.63) is 101 Å². The van der Waals surface area contributed by atoms with Gasteiger partial charge in [-0.05, 0) is 58.0 Å². The maximum Gasteiger partial charge on any atom is 0.0576 e. The predicted molar refractivity (Wildman–Crippen MR) is 112 cm³/mol. The molecule has 0 unspecified atom stereocenters. The minimum Gasteiger partial charge on any atom is -0.309 e. The second-order valence-electron chi connectivity index (χ2n) is 7.81. The summed E-state index contributed by atoms with van der Waals surface area (Å²) in [4.78, 5) is 0. The number of nitrogens with zero attached hydrogens (tertiary/aromatic N) is 1. The van der Waals surface area contributed by atoms with Crippen LogP contribution < -0.4 is 0 Å².